The van der Waals surface area contributed by atoms with Crippen molar-refractivity contribution in [2.45, 2.75) is 30.6 Å². The van der Waals surface area contributed by atoms with Gasteiger partial charge in [-0.15, -0.1) is 11.3 Å². The van der Waals surface area contributed by atoms with Gasteiger partial charge >= 0.3 is 0 Å². The van der Waals surface area contributed by atoms with E-state index < -0.39 is 15.6 Å². The van der Waals surface area contributed by atoms with Gasteiger partial charge in [-0.25, -0.2) is 13.1 Å². The Hall–Kier alpha value is -1.47. The summed E-state index contributed by atoms with van der Waals surface area (Å²) in [5.74, 6) is 0. The second-order valence-corrected chi connectivity index (χ2v) is 9.03. The van der Waals surface area contributed by atoms with Gasteiger partial charge in [0, 0.05) is 17.0 Å². The molecular formula is C17H19NO3S2. The van der Waals surface area contributed by atoms with E-state index in [1.165, 1.54) is 11.3 Å². The highest BCUT2D eigenvalue weighted by Crippen LogP contribution is 2.41. The largest absolute Gasteiger partial charge is 0.379 e. The molecule has 2 heterocycles. The fourth-order valence-corrected chi connectivity index (χ4v) is 5.76. The number of allylic oxidation sites excluding steroid dienone is 1. The first-order valence-electron chi connectivity index (χ1n) is 7.35. The van der Waals surface area contributed by atoms with Crippen LogP contribution in [0, 0.1) is 13.8 Å². The molecule has 2 N–H and O–H groups in total. The Morgan fingerprint density at radius 2 is 2.04 bits per heavy atom. The molecule has 0 spiro atoms. The lowest BCUT2D eigenvalue weighted by atomic mass is 9.86. The van der Waals surface area contributed by atoms with E-state index in [0.29, 0.717) is 11.1 Å². The predicted octanol–water partition coefficient (Wildman–Crippen LogP) is 2.93. The molecule has 0 saturated carbocycles. The molecule has 4 nitrogen and oxygen atoms in total. The van der Waals surface area contributed by atoms with Crippen molar-refractivity contribution in [3.05, 3.63) is 57.5 Å². The Bertz CT molecular complexity index is 897. The minimum absolute atomic E-state index is 0.0547. The quantitative estimate of drug-likeness (QED) is 0.876. The van der Waals surface area contributed by atoms with Gasteiger partial charge in [0.2, 0.25) is 0 Å². The number of fused-ring (bicyclic) bond motifs is 1. The molecule has 1 aromatic carbocycles. The number of hydrogen-bond acceptors (Lipinski definition) is 4. The number of rotatable bonds is 2. The zero-order valence-electron chi connectivity index (χ0n) is 13.3. The zero-order valence-corrected chi connectivity index (χ0v) is 14.9. The van der Waals surface area contributed by atoms with E-state index >= 15 is 0 Å². The summed E-state index contributed by atoms with van der Waals surface area (Å²) in [5.41, 5.74) is 1.94. The Morgan fingerprint density at radius 1 is 1.30 bits per heavy atom. The van der Waals surface area contributed by atoms with Crippen LogP contribution < -0.4 is 4.72 Å². The topological polar surface area (TPSA) is 66.4 Å². The van der Waals surface area contributed by atoms with Crippen LogP contribution in [0.2, 0.25) is 0 Å². The third-order valence-electron chi connectivity index (χ3n) is 4.12. The van der Waals surface area contributed by atoms with Crippen molar-refractivity contribution in [2.75, 3.05) is 6.54 Å². The Balaban J connectivity index is 2.18. The fourth-order valence-electron chi connectivity index (χ4n) is 2.90. The van der Waals surface area contributed by atoms with Crippen LogP contribution in [0.3, 0.4) is 0 Å². The molecule has 1 atom stereocenters. The Kier molecular flexibility index (Phi) is 3.96. The highest BCUT2D eigenvalue weighted by molar-refractivity contribution is 7.91. The molecule has 0 fully saturated rings. The second kappa shape index (κ2) is 5.56. The summed E-state index contributed by atoms with van der Waals surface area (Å²) < 4.78 is 27.1. The number of thiophene rings is 1. The molecule has 0 bridgehead atoms. The zero-order chi connectivity index (χ0) is 16.8. The number of aliphatic hydroxyl groups is 1. The van der Waals surface area contributed by atoms with Gasteiger partial charge in [0.1, 0.15) is 9.81 Å². The van der Waals surface area contributed by atoms with Crippen LogP contribution in [-0.4, -0.2) is 20.1 Å². The van der Waals surface area contributed by atoms with Crippen LogP contribution >= 0.6 is 11.3 Å². The highest BCUT2D eigenvalue weighted by Gasteiger charge is 2.43. The molecule has 3 rings (SSSR count). The van der Waals surface area contributed by atoms with Crippen LogP contribution in [-0.2, 0) is 15.6 Å². The monoisotopic (exact) mass is 349 g/mol. The van der Waals surface area contributed by atoms with E-state index in [4.69, 9.17) is 0 Å². The SMILES string of the molecule is CC=Cc1ccc(C2(O)CNS(=O)(=O)c3sc(C)cc32)cc1C. The Labute approximate surface area is 140 Å². The average Bonchev–Trinajstić information content (AvgIpc) is 2.90. The molecule has 122 valence electrons. The maximum atomic E-state index is 12.2. The summed E-state index contributed by atoms with van der Waals surface area (Å²) in [5, 5.41) is 11.2. The van der Waals surface area contributed by atoms with Gasteiger partial charge in [0.15, 0.2) is 0 Å². The van der Waals surface area contributed by atoms with Gasteiger partial charge < -0.3 is 5.11 Å². The number of benzene rings is 1. The van der Waals surface area contributed by atoms with Gasteiger partial charge in [-0.2, -0.15) is 0 Å². The van der Waals surface area contributed by atoms with Gasteiger partial charge in [-0.05, 0) is 43.5 Å². The summed E-state index contributed by atoms with van der Waals surface area (Å²) in [6.07, 6.45) is 3.97. The van der Waals surface area contributed by atoms with Crippen molar-refractivity contribution >= 4 is 27.4 Å². The molecule has 1 unspecified atom stereocenters. The van der Waals surface area contributed by atoms with Crippen LogP contribution in [0.1, 0.15) is 34.1 Å². The van der Waals surface area contributed by atoms with Crippen molar-refractivity contribution in [1.29, 1.82) is 0 Å². The van der Waals surface area contributed by atoms with Crippen LogP contribution in [0.4, 0.5) is 0 Å². The minimum atomic E-state index is -3.53. The highest BCUT2D eigenvalue weighted by atomic mass is 32.2. The van der Waals surface area contributed by atoms with Crippen LogP contribution in [0.5, 0.6) is 0 Å². The summed E-state index contributed by atoms with van der Waals surface area (Å²) in [4.78, 5) is 0.864. The normalized spacial score (nSPS) is 23.1. The van der Waals surface area contributed by atoms with Crippen molar-refractivity contribution in [3.8, 4) is 0 Å². The summed E-state index contributed by atoms with van der Waals surface area (Å²) in [6.45, 7) is 5.73. The number of β-amino-alcohol motifs (C(OH)–C–C–N with tert-alkyl or cyclic N) is 1. The lowest BCUT2D eigenvalue weighted by molar-refractivity contribution is 0.0808. The van der Waals surface area contributed by atoms with Gasteiger partial charge in [0.05, 0.1) is 0 Å². The minimum Gasteiger partial charge on any atom is -0.379 e. The first-order valence-corrected chi connectivity index (χ1v) is 9.64. The molecule has 0 amide bonds. The number of aryl methyl sites for hydroxylation is 2. The van der Waals surface area contributed by atoms with E-state index in [-0.39, 0.29) is 10.8 Å². The van der Waals surface area contributed by atoms with E-state index in [1.807, 2.05) is 51.1 Å². The van der Waals surface area contributed by atoms with Crippen molar-refractivity contribution in [3.63, 3.8) is 0 Å². The standard InChI is InChI=1S/C17H19NO3S2/c1-4-5-13-6-7-14(8-11(13)2)17(19)10-18-23(20,21)16-15(17)9-12(3)22-16/h4-9,18-19H,10H2,1-3H3. The van der Waals surface area contributed by atoms with E-state index in [0.717, 1.165) is 16.0 Å². The van der Waals surface area contributed by atoms with Crippen LogP contribution in [0.25, 0.3) is 6.08 Å². The molecule has 0 aliphatic carbocycles. The van der Waals surface area contributed by atoms with Gasteiger partial charge in [-0.3, -0.25) is 0 Å². The molecule has 23 heavy (non-hydrogen) atoms. The summed E-state index contributed by atoms with van der Waals surface area (Å²) in [7, 11) is -3.53. The maximum absolute atomic E-state index is 12.2. The molecule has 1 aliphatic heterocycles. The first kappa shape index (κ1) is 16.4. The summed E-state index contributed by atoms with van der Waals surface area (Å²) in [6, 6.07) is 7.50. The first-order chi connectivity index (χ1) is 10.8. The Morgan fingerprint density at radius 3 is 2.70 bits per heavy atom. The number of sulfonamides is 1. The predicted molar refractivity (Wildman–Crippen MR) is 93.1 cm³/mol. The molecule has 2 aromatic rings. The van der Waals surface area contributed by atoms with Gasteiger partial charge in [-0.1, -0.05) is 30.4 Å². The molecule has 6 heteroatoms. The maximum Gasteiger partial charge on any atom is 0.250 e. The van der Waals surface area contributed by atoms with Gasteiger partial charge in [0.25, 0.3) is 10.0 Å². The van der Waals surface area contributed by atoms with Crippen LogP contribution in [0.15, 0.2) is 34.6 Å². The van der Waals surface area contributed by atoms with E-state index in [9.17, 15) is 13.5 Å². The van der Waals surface area contributed by atoms with E-state index in [2.05, 4.69) is 4.72 Å². The molecule has 1 aromatic heterocycles. The third kappa shape index (κ3) is 2.65. The number of hydrogen-bond donors (Lipinski definition) is 2. The summed E-state index contributed by atoms with van der Waals surface area (Å²) >= 11 is 1.19. The van der Waals surface area contributed by atoms with Crippen molar-refractivity contribution in [1.82, 2.24) is 4.72 Å². The lowest BCUT2D eigenvalue weighted by Crippen LogP contribution is -2.46. The fraction of sp³-hybridized carbons (Fsp3) is 0.294. The van der Waals surface area contributed by atoms with Crippen molar-refractivity contribution in [2.24, 2.45) is 0 Å². The average molecular weight is 349 g/mol. The smallest absolute Gasteiger partial charge is 0.250 e. The molecule has 0 radical (unpaired) electrons. The van der Waals surface area contributed by atoms with E-state index in [1.54, 1.807) is 6.07 Å². The molecule has 0 saturated heterocycles. The van der Waals surface area contributed by atoms with Crippen molar-refractivity contribution < 1.29 is 13.5 Å². The molecular weight excluding hydrogens is 330 g/mol. The lowest BCUT2D eigenvalue weighted by Gasteiger charge is -2.33. The molecule has 1 aliphatic rings. The third-order valence-corrected chi connectivity index (χ3v) is 7.11. The number of nitrogens with one attached hydrogen (secondary N) is 1. The second-order valence-electron chi connectivity index (χ2n) is 5.81.